The number of carbonyl (C=O) groups excluding carboxylic acids is 2. The number of hydrogen-bond donors (Lipinski definition) is 6. The minimum atomic E-state index is -1.58. The molecule has 6 N–H and O–H groups in total. The Balaban J connectivity index is 1.98. The van der Waals surface area contributed by atoms with Gasteiger partial charge in [0.05, 0.1) is 32.0 Å². The van der Waals surface area contributed by atoms with E-state index in [4.69, 9.17) is 14.2 Å². The van der Waals surface area contributed by atoms with Gasteiger partial charge in [0.2, 0.25) is 5.91 Å². The summed E-state index contributed by atoms with van der Waals surface area (Å²) in [5.74, 6) is -0.220. The van der Waals surface area contributed by atoms with E-state index in [0.29, 0.717) is 19.4 Å². The van der Waals surface area contributed by atoms with E-state index < -0.39 is 49.5 Å². The van der Waals surface area contributed by atoms with Crippen molar-refractivity contribution in [2.45, 2.75) is 307 Å². The maximum Gasteiger partial charge on any atom is 0.305 e. The monoisotopic (exact) mass is 1100 g/mol. The third-order valence-electron chi connectivity index (χ3n) is 14.5. The molecule has 1 saturated heterocycles. The fourth-order valence-corrected chi connectivity index (χ4v) is 9.46. The lowest BCUT2D eigenvalue weighted by molar-refractivity contribution is -0.302. The molecular weight excluding hydrogens is 979 g/mol. The van der Waals surface area contributed by atoms with Gasteiger partial charge in [-0.2, -0.15) is 0 Å². The number of hydrogen-bond acceptors (Lipinski definition) is 10. The molecule has 450 valence electrons. The van der Waals surface area contributed by atoms with E-state index in [1.165, 1.54) is 141 Å². The molecule has 78 heavy (non-hydrogen) atoms. The van der Waals surface area contributed by atoms with E-state index in [2.05, 4.69) is 79.1 Å². The summed E-state index contributed by atoms with van der Waals surface area (Å²) in [5, 5.41) is 54.2. The highest BCUT2D eigenvalue weighted by molar-refractivity contribution is 5.76. The molecule has 0 bridgehead atoms. The first kappa shape index (κ1) is 72.9. The van der Waals surface area contributed by atoms with Crippen LogP contribution in [0.15, 0.2) is 85.1 Å². The van der Waals surface area contributed by atoms with Crippen LogP contribution in [0.2, 0.25) is 0 Å². The number of carbonyl (C=O) groups is 2. The molecule has 1 fully saturated rings. The molecule has 7 atom stereocenters. The molecular formula is C67H117NO10. The summed E-state index contributed by atoms with van der Waals surface area (Å²) < 4.78 is 16.6. The Kier molecular flexibility index (Phi) is 52.1. The van der Waals surface area contributed by atoms with Crippen molar-refractivity contribution in [2.24, 2.45) is 0 Å². The molecule has 0 saturated carbocycles. The minimum absolute atomic E-state index is 0.0154. The standard InChI is InChI=1S/C67H117NO10/c1-3-5-7-9-11-13-14-15-32-35-39-43-47-51-55-63(72)76-56-52-48-44-40-36-33-30-28-26-24-22-20-18-16-17-19-21-23-25-27-29-31-34-38-42-46-50-54-62(71)68-59(60(70)53-49-45-41-37-12-10-8-6-4-2)58-77-67-66(75)65(74)64(73)61(57-69)78-67/h4,6,9,11-12,14-17,20,22,37,49,53,59-61,64-67,69-70,73-75H,3,5,7-8,10,13,18-19,21,23-36,38-48,50-52,54-58H2,1-2H3,(H,68,71)/b6-4+,11-9-,15-14-,17-16-,22-20-,37-12+,53-49+. The van der Waals surface area contributed by atoms with Gasteiger partial charge in [0, 0.05) is 12.8 Å². The van der Waals surface area contributed by atoms with E-state index in [9.17, 15) is 35.1 Å². The van der Waals surface area contributed by atoms with Gasteiger partial charge in [-0.1, -0.05) is 227 Å². The van der Waals surface area contributed by atoms with Gasteiger partial charge < -0.3 is 45.1 Å². The SMILES string of the molecule is C/C=C/CC/C=C/CC/C=C/C(O)C(COC1OC(CO)C(O)C(O)C1O)NC(=O)CCCCCCCCCCCCC/C=C\C/C=C\CCCCCCCCCCCOC(=O)CCCCCCC/C=C\C/C=C\CCCC. The van der Waals surface area contributed by atoms with Crippen LogP contribution in [0, 0.1) is 0 Å². The van der Waals surface area contributed by atoms with Gasteiger partial charge in [-0.3, -0.25) is 9.59 Å². The zero-order chi connectivity index (χ0) is 56.6. The van der Waals surface area contributed by atoms with Crippen molar-refractivity contribution < 1.29 is 49.3 Å². The van der Waals surface area contributed by atoms with Gasteiger partial charge in [0.25, 0.3) is 0 Å². The van der Waals surface area contributed by atoms with E-state index in [1.807, 2.05) is 19.1 Å². The van der Waals surface area contributed by atoms with Crippen LogP contribution >= 0.6 is 0 Å². The van der Waals surface area contributed by atoms with E-state index in [1.54, 1.807) is 6.08 Å². The number of rotatable bonds is 54. The Morgan fingerprint density at radius 2 is 0.923 bits per heavy atom. The number of aliphatic hydroxyl groups excluding tert-OH is 5. The molecule has 1 aliphatic heterocycles. The van der Waals surface area contributed by atoms with Gasteiger partial charge in [-0.25, -0.2) is 0 Å². The quantitative estimate of drug-likeness (QED) is 0.0195. The van der Waals surface area contributed by atoms with Crippen LogP contribution < -0.4 is 5.32 Å². The zero-order valence-electron chi connectivity index (χ0n) is 49.6. The lowest BCUT2D eigenvalue weighted by Crippen LogP contribution is -2.60. The third kappa shape index (κ3) is 44.6. The van der Waals surface area contributed by atoms with E-state index in [0.717, 1.165) is 96.3 Å². The van der Waals surface area contributed by atoms with Crippen molar-refractivity contribution in [3.63, 3.8) is 0 Å². The van der Waals surface area contributed by atoms with Crippen LogP contribution in [0.25, 0.3) is 0 Å². The summed E-state index contributed by atoms with van der Waals surface area (Å²) >= 11 is 0. The van der Waals surface area contributed by atoms with Gasteiger partial charge in [-0.15, -0.1) is 0 Å². The van der Waals surface area contributed by atoms with E-state index >= 15 is 0 Å². The summed E-state index contributed by atoms with van der Waals surface area (Å²) in [6, 6.07) is -0.838. The lowest BCUT2D eigenvalue weighted by atomic mass is 9.99. The fraction of sp³-hybridized carbons (Fsp3) is 0.761. The van der Waals surface area contributed by atoms with Gasteiger partial charge in [0.1, 0.15) is 24.4 Å². The Labute approximate surface area is 476 Å². The molecule has 0 spiro atoms. The summed E-state index contributed by atoms with van der Waals surface area (Å²) in [6.07, 6.45) is 65.9. The van der Waals surface area contributed by atoms with E-state index in [-0.39, 0.29) is 18.5 Å². The number of amides is 1. The topological polar surface area (TPSA) is 175 Å². The number of nitrogens with one attached hydrogen (secondary N) is 1. The molecule has 1 aliphatic rings. The molecule has 0 aliphatic carbocycles. The smallest absolute Gasteiger partial charge is 0.305 e. The number of allylic oxidation sites excluding steroid dienone is 13. The second-order valence-corrected chi connectivity index (χ2v) is 21.7. The van der Waals surface area contributed by atoms with Gasteiger partial charge in [-0.05, 0) is 110 Å². The van der Waals surface area contributed by atoms with Crippen LogP contribution in [0.4, 0.5) is 0 Å². The molecule has 7 unspecified atom stereocenters. The normalized spacial score (nSPS) is 19.1. The molecule has 1 amide bonds. The van der Waals surface area contributed by atoms with Crippen molar-refractivity contribution in [1.82, 2.24) is 5.32 Å². The molecule has 1 rings (SSSR count). The highest BCUT2D eigenvalue weighted by Gasteiger charge is 2.44. The average molecular weight is 1100 g/mol. The summed E-state index contributed by atoms with van der Waals surface area (Å²) in [5.41, 5.74) is 0. The Bertz CT molecular complexity index is 1570. The minimum Gasteiger partial charge on any atom is -0.466 e. The highest BCUT2D eigenvalue weighted by Crippen LogP contribution is 2.23. The van der Waals surface area contributed by atoms with Crippen LogP contribution in [0.3, 0.4) is 0 Å². The summed E-state index contributed by atoms with van der Waals surface area (Å²) in [7, 11) is 0. The maximum atomic E-state index is 13.0. The van der Waals surface area contributed by atoms with Gasteiger partial charge >= 0.3 is 5.97 Å². The first-order valence-electron chi connectivity index (χ1n) is 31.8. The Morgan fingerprint density at radius 1 is 0.500 bits per heavy atom. The number of aliphatic hydroxyl groups is 5. The molecule has 0 aromatic carbocycles. The Morgan fingerprint density at radius 3 is 1.41 bits per heavy atom. The van der Waals surface area contributed by atoms with Crippen LogP contribution in [0.5, 0.6) is 0 Å². The highest BCUT2D eigenvalue weighted by atomic mass is 16.7. The van der Waals surface area contributed by atoms with Crippen LogP contribution in [0.1, 0.15) is 264 Å². The lowest BCUT2D eigenvalue weighted by Gasteiger charge is -2.40. The summed E-state index contributed by atoms with van der Waals surface area (Å²) in [6.45, 7) is 4.03. The molecule has 0 aromatic heterocycles. The largest absolute Gasteiger partial charge is 0.466 e. The Hall–Kier alpha value is -3.16. The molecule has 1 heterocycles. The second kappa shape index (κ2) is 55.7. The predicted octanol–water partition coefficient (Wildman–Crippen LogP) is 15.3. The maximum absolute atomic E-state index is 13.0. The van der Waals surface area contributed by atoms with Gasteiger partial charge in [0.15, 0.2) is 6.29 Å². The number of ether oxygens (including phenoxy) is 3. The second-order valence-electron chi connectivity index (χ2n) is 21.7. The van der Waals surface area contributed by atoms with Crippen molar-refractivity contribution in [1.29, 1.82) is 0 Å². The predicted molar refractivity (Wildman–Crippen MR) is 324 cm³/mol. The zero-order valence-corrected chi connectivity index (χ0v) is 49.6. The molecule has 0 radical (unpaired) electrons. The van der Waals surface area contributed by atoms with Crippen molar-refractivity contribution >= 4 is 11.9 Å². The molecule has 11 nitrogen and oxygen atoms in total. The fourth-order valence-electron chi connectivity index (χ4n) is 9.46. The van der Waals surface area contributed by atoms with Crippen LogP contribution in [-0.4, -0.2) is 100 Å². The van der Waals surface area contributed by atoms with Crippen molar-refractivity contribution in [3.05, 3.63) is 85.1 Å². The van der Waals surface area contributed by atoms with Crippen molar-refractivity contribution in [2.75, 3.05) is 19.8 Å². The molecule has 0 aromatic rings. The molecule has 11 heteroatoms. The summed E-state index contributed by atoms with van der Waals surface area (Å²) in [4.78, 5) is 25.0. The average Bonchev–Trinajstić information content (AvgIpc) is 3.44. The first-order chi connectivity index (χ1) is 38.2. The third-order valence-corrected chi connectivity index (χ3v) is 14.5. The number of unbranched alkanes of at least 4 members (excludes halogenated alkanes) is 29. The van der Waals surface area contributed by atoms with Crippen LogP contribution in [-0.2, 0) is 23.8 Å². The van der Waals surface area contributed by atoms with Crippen molar-refractivity contribution in [3.8, 4) is 0 Å². The first-order valence-corrected chi connectivity index (χ1v) is 31.8. The number of esters is 1.